The second-order valence-electron chi connectivity index (χ2n) is 6.30. The highest BCUT2D eigenvalue weighted by molar-refractivity contribution is 14.1. The minimum atomic E-state index is -1.24. The summed E-state index contributed by atoms with van der Waals surface area (Å²) in [5.41, 5.74) is -1.24. The maximum atomic E-state index is 13.1. The first-order valence-corrected chi connectivity index (χ1v) is 9.10. The number of ketones is 2. The number of methoxy groups -OCH3 is 1. The van der Waals surface area contributed by atoms with Gasteiger partial charge in [0.1, 0.15) is 3.92 Å². The van der Waals surface area contributed by atoms with Crippen LogP contribution in [0, 0.1) is 11.3 Å². The smallest absolute Gasteiger partial charge is 0.336 e. The van der Waals surface area contributed by atoms with Gasteiger partial charge in [0, 0.05) is 12.5 Å². The molecular weight excluding hydrogens is 415 g/mol. The predicted molar refractivity (Wildman–Crippen MR) is 90.4 cm³/mol. The highest BCUT2D eigenvalue weighted by Crippen LogP contribution is 2.45. The summed E-state index contributed by atoms with van der Waals surface area (Å²) in [5.74, 6) is -1.39. The van der Waals surface area contributed by atoms with Crippen molar-refractivity contribution in [3.63, 3.8) is 0 Å². The van der Waals surface area contributed by atoms with Crippen molar-refractivity contribution in [2.75, 3.05) is 13.7 Å². The third-order valence-electron chi connectivity index (χ3n) is 5.03. The summed E-state index contributed by atoms with van der Waals surface area (Å²) in [7, 11) is 1.26. The van der Waals surface area contributed by atoms with Crippen molar-refractivity contribution in [3.05, 3.63) is 0 Å². The van der Waals surface area contributed by atoms with Crippen molar-refractivity contribution in [1.82, 2.24) is 0 Å². The first-order chi connectivity index (χ1) is 10.8. The van der Waals surface area contributed by atoms with Crippen LogP contribution in [0.5, 0.6) is 0 Å². The molecule has 0 aromatic rings. The normalized spacial score (nSPS) is 38.8. The Balaban J connectivity index is 2.49. The van der Waals surface area contributed by atoms with Crippen LogP contribution < -0.4 is 0 Å². The van der Waals surface area contributed by atoms with Crippen LogP contribution in [0.4, 0.5) is 0 Å². The van der Waals surface area contributed by atoms with E-state index in [0.717, 1.165) is 0 Å². The summed E-state index contributed by atoms with van der Waals surface area (Å²) in [5, 5.41) is 0. The number of halogens is 1. The van der Waals surface area contributed by atoms with Gasteiger partial charge >= 0.3 is 5.97 Å². The Morgan fingerprint density at radius 1 is 1.43 bits per heavy atom. The Hall–Kier alpha value is -0.540. The summed E-state index contributed by atoms with van der Waals surface area (Å²) >= 11 is 1.87. The van der Waals surface area contributed by atoms with Crippen molar-refractivity contribution in [2.24, 2.45) is 11.3 Å². The molecule has 0 saturated carbocycles. The molecule has 0 amide bonds. The Morgan fingerprint density at radius 3 is 2.65 bits per heavy atom. The molecule has 6 atom stereocenters. The molecular formula is C16H23IO6. The van der Waals surface area contributed by atoms with E-state index in [0.29, 0.717) is 12.8 Å². The van der Waals surface area contributed by atoms with Crippen molar-refractivity contribution < 1.29 is 28.6 Å². The first kappa shape index (κ1) is 18.8. The lowest BCUT2D eigenvalue weighted by Gasteiger charge is -2.41. The van der Waals surface area contributed by atoms with E-state index in [-0.39, 0.29) is 30.2 Å². The largest absolute Gasteiger partial charge is 0.467 e. The van der Waals surface area contributed by atoms with Gasteiger partial charge < -0.3 is 14.2 Å². The Bertz CT molecular complexity index is 507. The molecule has 0 aromatic heterocycles. The van der Waals surface area contributed by atoms with Crippen LogP contribution in [0.15, 0.2) is 0 Å². The molecule has 2 aliphatic rings. The van der Waals surface area contributed by atoms with E-state index >= 15 is 0 Å². The zero-order valence-corrected chi connectivity index (χ0v) is 16.0. The minimum Gasteiger partial charge on any atom is -0.467 e. The lowest BCUT2D eigenvalue weighted by Crippen LogP contribution is -2.58. The van der Waals surface area contributed by atoms with Gasteiger partial charge in [-0.3, -0.25) is 9.59 Å². The highest BCUT2D eigenvalue weighted by atomic mass is 127. The van der Waals surface area contributed by atoms with E-state index in [9.17, 15) is 14.4 Å². The minimum absolute atomic E-state index is 0.146. The number of rotatable bonds is 4. The molecule has 0 radical (unpaired) electrons. The summed E-state index contributed by atoms with van der Waals surface area (Å²) in [6.07, 6.45) is -0.425. The maximum Gasteiger partial charge on any atom is 0.336 e. The third-order valence-corrected chi connectivity index (χ3v) is 6.21. The van der Waals surface area contributed by atoms with Crippen molar-refractivity contribution in [2.45, 2.75) is 55.8 Å². The fourth-order valence-corrected chi connectivity index (χ4v) is 4.74. The molecule has 130 valence electrons. The number of hydrogen-bond acceptors (Lipinski definition) is 6. The van der Waals surface area contributed by atoms with Crippen LogP contribution in [0.3, 0.4) is 0 Å². The van der Waals surface area contributed by atoms with E-state index in [2.05, 4.69) is 0 Å². The van der Waals surface area contributed by atoms with E-state index in [1.54, 1.807) is 20.8 Å². The first-order valence-electron chi connectivity index (χ1n) is 7.86. The zero-order valence-electron chi connectivity index (χ0n) is 13.8. The lowest BCUT2D eigenvalue weighted by molar-refractivity contribution is -0.182. The number of Topliss-reactive ketones (excluding diaryl/α,β-unsaturated/α-hetero) is 2. The van der Waals surface area contributed by atoms with Crippen LogP contribution >= 0.6 is 22.6 Å². The molecule has 6 nitrogen and oxygen atoms in total. The topological polar surface area (TPSA) is 78.9 Å². The molecule has 2 aliphatic heterocycles. The summed E-state index contributed by atoms with van der Waals surface area (Å²) in [6.45, 7) is 5.47. The summed E-state index contributed by atoms with van der Waals surface area (Å²) in [6, 6.07) is 0. The van der Waals surface area contributed by atoms with Gasteiger partial charge in [0.15, 0.2) is 17.7 Å². The molecule has 2 bridgehead atoms. The highest BCUT2D eigenvalue weighted by Gasteiger charge is 2.59. The van der Waals surface area contributed by atoms with E-state index in [1.807, 2.05) is 22.6 Å². The molecule has 0 spiro atoms. The van der Waals surface area contributed by atoms with Crippen molar-refractivity contribution >= 4 is 40.1 Å². The lowest BCUT2D eigenvalue weighted by atomic mass is 9.72. The fourth-order valence-electron chi connectivity index (χ4n) is 3.50. The molecule has 0 aromatic carbocycles. The molecule has 0 N–H and O–H groups in total. The fraction of sp³-hybridized carbons (Fsp3) is 0.812. The molecule has 7 heteroatoms. The van der Waals surface area contributed by atoms with Crippen LogP contribution in [0.1, 0.15) is 33.6 Å². The van der Waals surface area contributed by atoms with Gasteiger partial charge in [-0.25, -0.2) is 4.79 Å². The summed E-state index contributed by atoms with van der Waals surface area (Å²) in [4.78, 5) is 37.9. The Labute approximate surface area is 149 Å². The van der Waals surface area contributed by atoms with E-state index in [4.69, 9.17) is 14.2 Å². The molecule has 23 heavy (non-hydrogen) atoms. The monoisotopic (exact) mass is 438 g/mol. The van der Waals surface area contributed by atoms with Gasteiger partial charge in [0.05, 0.1) is 24.7 Å². The average Bonchev–Trinajstić information content (AvgIpc) is 3.05. The van der Waals surface area contributed by atoms with Gasteiger partial charge in [0.2, 0.25) is 0 Å². The van der Waals surface area contributed by atoms with Gasteiger partial charge in [-0.2, -0.15) is 0 Å². The van der Waals surface area contributed by atoms with Crippen LogP contribution in [-0.4, -0.2) is 53.5 Å². The van der Waals surface area contributed by atoms with Gasteiger partial charge in [0.25, 0.3) is 0 Å². The molecule has 0 aliphatic carbocycles. The number of fused-ring (bicyclic) bond motifs is 2. The molecule has 2 saturated heterocycles. The maximum absolute atomic E-state index is 13.1. The second-order valence-corrected chi connectivity index (χ2v) is 7.55. The van der Waals surface area contributed by atoms with Crippen molar-refractivity contribution in [1.29, 1.82) is 0 Å². The quantitative estimate of drug-likeness (QED) is 0.288. The van der Waals surface area contributed by atoms with Crippen LogP contribution in [-0.2, 0) is 28.6 Å². The standard InChI is InChI=1S/C16H23IO6/c1-5-22-14(15(20)21-4)16(3)10-7-6-9(23-10)8(2)12(18)11(17)13(16)19/h8-11,14H,5-7H2,1-4H3/t8-,9?,10?,11-,14?,16+/m1/s1. The third kappa shape index (κ3) is 3.07. The average molecular weight is 438 g/mol. The SMILES string of the molecule is CCOC(C(=O)OC)[C@]1(C)C(=O)[C@H](I)C(=O)[C@H](C)C2CCC1O2. The predicted octanol–water partition coefficient (Wildman–Crippen LogP) is 1.71. The number of hydrogen-bond donors (Lipinski definition) is 0. The Kier molecular flexibility index (Phi) is 5.84. The van der Waals surface area contributed by atoms with Crippen LogP contribution in [0.2, 0.25) is 0 Å². The Morgan fingerprint density at radius 2 is 2.09 bits per heavy atom. The molecule has 3 unspecified atom stereocenters. The zero-order chi connectivity index (χ0) is 17.4. The van der Waals surface area contributed by atoms with Crippen LogP contribution in [0.25, 0.3) is 0 Å². The number of carbonyl (C=O) groups excluding carboxylic acids is 3. The number of carbonyl (C=O) groups is 3. The second kappa shape index (κ2) is 7.14. The van der Waals surface area contributed by atoms with Gasteiger partial charge in [-0.05, 0) is 26.7 Å². The number of ether oxygens (including phenoxy) is 3. The van der Waals surface area contributed by atoms with E-state index < -0.39 is 27.5 Å². The number of esters is 1. The molecule has 2 fully saturated rings. The summed E-state index contributed by atoms with van der Waals surface area (Å²) < 4.78 is 15.6. The van der Waals surface area contributed by atoms with E-state index in [1.165, 1.54) is 7.11 Å². The van der Waals surface area contributed by atoms with Gasteiger partial charge in [-0.1, -0.05) is 29.5 Å². The molecule has 2 rings (SSSR count). The number of alkyl halides is 1. The molecule has 2 heterocycles. The van der Waals surface area contributed by atoms with Gasteiger partial charge in [-0.15, -0.1) is 0 Å². The van der Waals surface area contributed by atoms with Crippen molar-refractivity contribution in [3.8, 4) is 0 Å².